The van der Waals surface area contributed by atoms with E-state index in [9.17, 15) is 4.79 Å². The number of aromatic nitrogens is 2. The van der Waals surface area contributed by atoms with Crippen molar-refractivity contribution >= 4 is 45.0 Å². The molecular formula is C14H19ClN4OS. The van der Waals surface area contributed by atoms with Crippen molar-refractivity contribution in [2.75, 3.05) is 32.1 Å². The zero-order valence-electron chi connectivity index (χ0n) is 12.9. The van der Waals surface area contributed by atoms with Crippen molar-refractivity contribution in [3.63, 3.8) is 0 Å². The number of hydrogen-bond acceptors (Lipinski definition) is 5. The van der Waals surface area contributed by atoms with E-state index in [-0.39, 0.29) is 5.91 Å². The van der Waals surface area contributed by atoms with Gasteiger partial charge in [0.1, 0.15) is 9.98 Å². The topological polar surface area (TPSA) is 49.3 Å². The molecule has 0 saturated carbocycles. The van der Waals surface area contributed by atoms with Crippen LogP contribution >= 0.6 is 22.9 Å². The number of thiophene rings is 1. The molecule has 0 atom stereocenters. The van der Waals surface area contributed by atoms with Crippen molar-refractivity contribution < 1.29 is 4.79 Å². The van der Waals surface area contributed by atoms with Crippen LogP contribution in [-0.2, 0) is 0 Å². The molecule has 0 radical (unpaired) electrons. The maximum Gasteiger partial charge on any atom is 0.263 e. The first-order chi connectivity index (χ1) is 9.90. The van der Waals surface area contributed by atoms with Gasteiger partial charge in [-0.25, -0.2) is 9.97 Å². The Kier molecular flexibility index (Phi) is 4.68. The summed E-state index contributed by atoms with van der Waals surface area (Å²) >= 11 is 7.70. The lowest BCUT2D eigenvalue weighted by Gasteiger charge is -2.18. The standard InChI is InChI=1S/C14H19ClN4OS/c1-6-19(7-2)14-16-11(15)9-8(3)10(13(20)18(4)5)21-12(9)17-14/h6-7H2,1-5H3. The summed E-state index contributed by atoms with van der Waals surface area (Å²) in [5.74, 6) is 0.582. The van der Waals surface area contributed by atoms with Gasteiger partial charge in [0, 0.05) is 27.2 Å². The maximum atomic E-state index is 12.2. The van der Waals surface area contributed by atoms with Crippen molar-refractivity contribution in [3.8, 4) is 0 Å². The largest absolute Gasteiger partial charge is 0.344 e. The Morgan fingerprint density at radius 1 is 1.24 bits per heavy atom. The van der Waals surface area contributed by atoms with E-state index in [2.05, 4.69) is 9.97 Å². The summed E-state index contributed by atoms with van der Waals surface area (Å²) in [7, 11) is 3.47. The Bertz CT molecular complexity index is 679. The molecule has 0 aromatic carbocycles. The third kappa shape index (κ3) is 2.82. The van der Waals surface area contributed by atoms with Crippen LogP contribution in [-0.4, -0.2) is 48.0 Å². The van der Waals surface area contributed by atoms with E-state index in [0.29, 0.717) is 16.0 Å². The van der Waals surface area contributed by atoms with Crippen LogP contribution in [0.5, 0.6) is 0 Å². The van der Waals surface area contributed by atoms with Gasteiger partial charge in [-0.2, -0.15) is 0 Å². The van der Waals surface area contributed by atoms with Crippen molar-refractivity contribution in [1.29, 1.82) is 0 Å². The Hall–Kier alpha value is -1.40. The fourth-order valence-corrected chi connectivity index (χ4v) is 3.69. The minimum Gasteiger partial charge on any atom is -0.344 e. The molecule has 0 spiro atoms. The molecule has 2 rings (SSSR count). The number of rotatable bonds is 4. The molecular weight excluding hydrogens is 308 g/mol. The summed E-state index contributed by atoms with van der Waals surface area (Å²) in [5, 5.41) is 1.19. The number of amides is 1. The van der Waals surface area contributed by atoms with E-state index < -0.39 is 0 Å². The van der Waals surface area contributed by atoms with E-state index in [4.69, 9.17) is 11.6 Å². The highest BCUT2D eigenvalue weighted by atomic mass is 35.5. The number of aryl methyl sites for hydroxylation is 1. The molecule has 2 aromatic rings. The first-order valence-electron chi connectivity index (χ1n) is 6.83. The Labute approximate surface area is 133 Å². The monoisotopic (exact) mass is 326 g/mol. The van der Waals surface area contributed by atoms with Gasteiger partial charge >= 0.3 is 0 Å². The van der Waals surface area contributed by atoms with Gasteiger partial charge in [-0.05, 0) is 26.3 Å². The van der Waals surface area contributed by atoms with Crippen LogP contribution in [0, 0.1) is 6.92 Å². The van der Waals surface area contributed by atoms with E-state index in [1.807, 2.05) is 25.7 Å². The second kappa shape index (κ2) is 6.15. The van der Waals surface area contributed by atoms with Crippen LogP contribution < -0.4 is 4.90 Å². The molecule has 21 heavy (non-hydrogen) atoms. The predicted molar refractivity (Wildman–Crippen MR) is 88.7 cm³/mol. The van der Waals surface area contributed by atoms with E-state index in [0.717, 1.165) is 28.9 Å². The van der Waals surface area contributed by atoms with Crippen molar-refractivity contribution in [2.24, 2.45) is 0 Å². The van der Waals surface area contributed by atoms with Gasteiger partial charge in [0.2, 0.25) is 5.95 Å². The van der Waals surface area contributed by atoms with Crippen LogP contribution in [0.1, 0.15) is 29.1 Å². The van der Waals surface area contributed by atoms with Gasteiger partial charge in [0.05, 0.1) is 10.3 Å². The summed E-state index contributed by atoms with van der Waals surface area (Å²) in [6, 6.07) is 0. The van der Waals surface area contributed by atoms with Crippen LogP contribution in [0.3, 0.4) is 0 Å². The fourth-order valence-electron chi connectivity index (χ4n) is 2.13. The summed E-state index contributed by atoms with van der Waals surface area (Å²) < 4.78 is 0. The summed E-state index contributed by atoms with van der Waals surface area (Å²) in [6.45, 7) is 7.61. The number of hydrogen-bond donors (Lipinski definition) is 0. The molecule has 0 fully saturated rings. The maximum absolute atomic E-state index is 12.2. The van der Waals surface area contributed by atoms with Gasteiger partial charge in [-0.1, -0.05) is 11.6 Å². The van der Waals surface area contributed by atoms with Crippen molar-refractivity contribution in [3.05, 3.63) is 15.6 Å². The van der Waals surface area contributed by atoms with E-state index in [1.54, 1.807) is 19.0 Å². The molecule has 0 aliphatic heterocycles. The average Bonchev–Trinajstić information content (AvgIpc) is 2.77. The highest BCUT2D eigenvalue weighted by Gasteiger charge is 2.21. The lowest BCUT2D eigenvalue weighted by atomic mass is 10.2. The van der Waals surface area contributed by atoms with Crippen LogP contribution in [0.2, 0.25) is 5.15 Å². The number of carbonyl (C=O) groups excluding carboxylic acids is 1. The quantitative estimate of drug-likeness (QED) is 0.810. The number of fused-ring (bicyclic) bond motifs is 1. The Balaban J connectivity index is 2.63. The molecule has 0 saturated heterocycles. The molecule has 1 amide bonds. The van der Waals surface area contributed by atoms with Gasteiger partial charge in [-0.15, -0.1) is 11.3 Å². The van der Waals surface area contributed by atoms with Gasteiger partial charge in [-0.3, -0.25) is 4.79 Å². The third-order valence-corrected chi connectivity index (χ3v) is 4.83. The number of carbonyl (C=O) groups is 1. The van der Waals surface area contributed by atoms with Gasteiger partial charge in [0.15, 0.2) is 0 Å². The minimum atomic E-state index is -0.0315. The predicted octanol–water partition coefficient (Wildman–Crippen LogP) is 3.20. The van der Waals surface area contributed by atoms with Crippen molar-refractivity contribution in [1.82, 2.24) is 14.9 Å². The fraction of sp³-hybridized carbons (Fsp3) is 0.500. The molecule has 0 aliphatic carbocycles. The van der Waals surface area contributed by atoms with Crippen LogP contribution in [0.4, 0.5) is 5.95 Å². The molecule has 114 valence electrons. The number of halogens is 1. The molecule has 0 unspecified atom stereocenters. The first-order valence-corrected chi connectivity index (χ1v) is 8.03. The number of nitrogens with zero attached hydrogens (tertiary/aromatic N) is 4. The van der Waals surface area contributed by atoms with E-state index >= 15 is 0 Å². The zero-order chi connectivity index (χ0) is 15.7. The van der Waals surface area contributed by atoms with E-state index in [1.165, 1.54) is 11.3 Å². The minimum absolute atomic E-state index is 0.0315. The highest BCUT2D eigenvalue weighted by molar-refractivity contribution is 7.20. The second-order valence-electron chi connectivity index (χ2n) is 4.92. The van der Waals surface area contributed by atoms with Crippen molar-refractivity contribution in [2.45, 2.75) is 20.8 Å². The van der Waals surface area contributed by atoms with Crippen LogP contribution in [0.25, 0.3) is 10.2 Å². The molecule has 7 heteroatoms. The first kappa shape index (κ1) is 16.0. The molecule has 5 nitrogen and oxygen atoms in total. The summed E-state index contributed by atoms with van der Waals surface area (Å²) in [4.78, 5) is 26.2. The molecule has 2 aromatic heterocycles. The van der Waals surface area contributed by atoms with Crippen LogP contribution in [0.15, 0.2) is 0 Å². The summed E-state index contributed by atoms with van der Waals surface area (Å²) in [5.41, 5.74) is 0.852. The normalized spacial score (nSPS) is 11.0. The molecule has 0 bridgehead atoms. The molecule has 2 heterocycles. The van der Waals surface area contributed by atoms with Gasteiger partial charge < -0.3 is 9.80 Å². The number of anilines is 1. The zero-order valence-corrected chi connectivity index (χ0v) is 14.5. The SMILES string of the molecule is CCN(CC)c1nc(Cl)c2c(C)c(C(=O)N(C)C)sc2n1. The Morgan fingerprint density at radius 2 is 1.86 bits per heavy atom. The second-order valence-corrected chi connectivity index (χ2v) is 6.28. The average molecular weight is 327 g/mol. The lowest BCUT2D eigenvalue weighted by Crippen LogP contribution is -2.24. The Morgan fingerprint density at radius 3 is 2.38 bits per heavy atom. The third-order valence-electron chi connectivity index (χ3n) is 3.38. The smallest absolute Gasteiger partial charge is 0.263 e. The molecule has 0 aliphatic rings. The van der Waals surface area contributed by atoms with Gasteiger partial charge in [0.25, 0.3) is 5.91 Å². The highest BCUT2D eigenvalue weighted by Crippen LogP contribution is 2.35. The molecule has 0 N–H and O–H groups in total. The lowest BCUT2D eigenvalue weighted by molar-refractivity contribution is 0.0831. The summed E-state index contributed by atoms with van der Waals surface area (Å²) in [6.07, 6.45) is 0.